The summed E-state index contributed by atoms with van der Waals surface area (Å²) in [6, 6.07) is 16.1. The molecule has 0 unspecified atom stereocenters. The van der Waals surface area contributed by atoms with Crippen molar-refractivity contribution in [2.45, 2.75) is 90.8 Å². The number of aromatic amines is 2. The molecule has 310 valence electrons. The minimum Gasteiger partial charge on any atom is -0.453 e. The Hall–Kier alpha value is -3.18. The summed E-state index contributed by atoms with van der Waals surface area (Å²) in [6.45, 7) is 10.8. The van der Waals surface area contributed by atoms with Gasteiger partial charge in [0, 0.05) is 24.4 Å². The minimum absolute atomic E-state index is 0. The van der Waals surface area contributed by atoms with E-state index < -0.39 is 12.1 Å². The van der Waals surface area contributed by atoms with Crippen molar-refractivity contribution < 1.29 is 19.1 Å². The third-order valence-corrected chi connectivity index (χ3v) is 10.8. The predicted molar refractivity (Wildman–Crippen MR) is 249 cm³/mol. The number of rotatable bonds is 11. The highest BCUT2D eigenvalue weighted by molar-refractivity contribution is 7.60. The van der Waals surface area contributed by atoms with Crippen molar-refractivity contribution >= 4 is 85.4 Å². The third-order valence-electron chi connectivity index (χ3n) is 10.8. The van der Waals surface area contributed by atoms with E-state index in [2.05, 4.69) is 83.0 Å². The molecule has 1 saturated carbocycles. The number of carbonyl (C=O) groups excluding carboxylic acids is 3. The predicted octanol–water partition coefficient (Wildman–Crippen LogP) is 7.79. The molecule has 1 aliphatic carbocycles. The minimum atomic E-state index is -0.677. The van der Waals surface area contributed by atoms with Gasteiger partial charge in [0.05, 0.1) is 36.9 Å². The lowest BCUT2D eigenvalue weighted by atomic mass is 9.96. The maximum Gasteiger partial charge on any atom is 0.407 e. The topological polar surface area (TPSA) is 145 Å². The summed E-state index contributed by atoms with van der Waals surface area (Å²) >= 11 is 0. The van der Waals surface area contributed by atoms with Gasteiger partial charge < -0.3 is 30.2 Å². The van der Waals surface area contributed by atoms with Gasteiger partial charge in [0.15, 0.2) is 0 Å². The summed E-state index contributed by atoms with van der Waals surface area (Å²) < 4.78 is 4.72. The van der Waals surface area contributed by atoms with Crippen molar-refractivity contribution in [2.24, 2.45) is 17.8 Å². The molecule has 4 aromatic rings. The summed E-state index contributed by atoms with van der Waals surface area (Å²) in [5.74, 6) is 1.98. The number of aromatic nitrogens is 4. The maximum atomic E-state index is 13.1. The van der Waals surface area contributed by atoms with Crippen LogP contribution in [0.4, 0.5) is 4.79 Å². The molecule has 1 saturated heterocycles. The second-order valence-corrected chi connectivity index (χ2v) is 14.8. The highest BCUT2D eigenvalue weighted by atomic mass is 32.1. The second-order valence-electron chi connectivity index (χ2n) is 14.8. The molecule has 0 radical (unpaired) electrons. The summed E-state index contributed by atoms with van der Waals surface area (Å²) in [5.41, 5.74) is 6.16. The molecule has 2 fully saturated rings. The molecule has 0 spiro atoms. The highest BCUT2D eigenvalue weighted by Gasteiger charge is 2.36. The maximum absolute atomic E-state index is 13.1. The van der Waals surface area contributed by atoms with Crippen LogP contribution < -0.4 is 10.6 Å². The molecule has 2 aromatic heterocycles. The molecule has 1 aliphatic heterocycles. The zero-order valence-electron chi connectivity index (χ0n) is 33.0. The first-order valence-electron chi connectivity index (χ1n) is 18.3. The summed E-state index contributed by atoms with van der Waals surface area (Å²) in [4.78, 5) is 56.5. The van der Waals surface area contributed by atoms with E-state index in [4.69, 9.17) is 14.7 Å². The lowest BCUT2D eigenvalue weighted by Crippen LogP contribution is -2.52. The van der Waals surface area contributed by atoms with Crippen LogP contribution in [0.15, 0.2) is 60.9 Å². The first kappa shape index (κ1) is 50.8. The van der Waals surface area contributed by atoms with Crippen LogP contribution in [0, 0.1) is 17.8 Å². The van der Waals surface area contributed by atoms with Gasteiger partial charge >= 0.3 is 6.09 Å². The van der Waals surface area contributed by atoms with Crippen LogP contribution in [-0.4, -0.2) is 68.5 Å². The Morgan fingerprint density at radius 2 is 1.23 bits per heavy atom. The Labute approximate surface area is 366 Å². The Bertz CT molecular complexity index is 1830. The Morgan fingerprint density at radius 1 is 0.714 bits per heavy atom. The largest absolute Gasteiger partial charge is 0.453 e. The molecule has 3 heterocycles. The average Bonchev–Trinajstić information content (AvgIpc) is 3.97. The number of methoxy groups -OCH3 is 1. The van der Waals surface area contributed by atoms with Crippen molar-refractivity contribution in [1.82, 2.24) is 35.5 Å². The number of nitrogens with zero attached hydrogens (tertiary/aromatic N) is 3. The zero-order valence-corrected chi connectivity index (χ0v) is 38.0. The number of hydrogen-bond acceptors (Lipinski definition) is 6. The van der Waals surface area contributed by atoms with Crippen LogP contribution in [-0.2, 0) is 14.3 Å². The van der Waals surface area contributed by atoms with E-state index in [0.717, 1.165) is 83.9 Å². The highest BCUT2D eigenvalue weighted by Crippen LogP contribution is 2.36. The fourth-order valence-electron chi connectivity index (χ4n) is 7.32. The molecule has 2 aliphatic rings. The third kappa shape index (κ3) is 11.5. The van der Waals surface area contributed by atoms with E-state index >= 15 is 0 Å². The first-order valence-corrected chi connectivity index (χ1v) is 18.3. The van der Waals surface area contributed by atoms with E-state index in [0.29, 0.717) is 5.92 Å². The number of nitrogens with one attached hydrogen (secondary N) is 4. The first-order chi connectivity index (χ1) is 24.5. The molecule has 56 heavy (non-hydrogen) atoms. The van der Waals surface area contributed by atoms with Crippen molar-refractivity contribution in [1.29, 1.82) is 0 Å². The Kier molecular flexibility index (Phi) is 20.6. The number of alkyl carbamates (subject to hydrolysis) is 1. The van der Waals surface area contributed by atoms with Crippen LogP contribution in [0.3, 0.4) is 0 Å². The number of carbonyl (C=O) groups is 3. The molecular formula is C40H61N7O4S5. The molecule has 4 N–H and O–H groups in total. The number of imidazole rings is 2. The molecular weight excluding hydrogens is 803 g/mol. The number of benzene rings is 2. The summed E-state index contributed by atoms with van der Waals surface area (Å²) in [5, 5.41) is 5.82. The Balaban J connectivity index is 0.00000314. The van der Waals surface area contributed by atoms with Crippen LogP contribution in [0.25, 0.3) is 33.6 Å². The monoisotopic (exact) mass is 863 g/mol. The lowest BCUT2D eigenvalue weighted by molar-refractivity contribution is -0.137. The molecule has 0 bridgehead atoms. The van der Waals surface area contributed by atoms with Crippen LogP contribution in [0.5, 0.6) is 0 Å². The number of H-pyrrole nitrogens is 2. The van der Waals surface area contributed by atoms with Crippen LogP contribution >= 0.6 is 67.5 Å². The van der Waals surface area contributed by atoms with Gasteiger partial charge in [-0.3, -0.25) is 9.59 Å². The SMILES string of the molecule is COC(=O)N[C@H](C(=O)N[C@H]1CCC[C@@H]1c1ncc(-c2ccc(-c3ccc(-c4cnc([C@@H]5CCCN5C(=O)[C@@H](C)C(C)C)[nH]4)cc3)cc2)[nH]1)C(C)C.S.S.S.S.S. The molecule has 3 amide bonds. The molecule has 16 heteroatoms. The number of likely N-dealkylation sites (tertiary alicyclic amines) is 1. The summed E-state index contributed by atoms with van der Waals surface area (Å²) in [7, 11) is 1.29. The van der Waals surface area contributed by atoms with E-state index in [1.54, 1.807) is 0 Å². The van der Waals surface area contributed by atoms with Gasteiger partial charge in [-0.05, 0) is 59.8 Å². The molecule has 11 nitrogen and oxygen atoms in total. The molecule has 5 atom stereocenters. The van der Waals surface area contributed by atoms with Gasteiger partial charge in [0.1, 0.15) is 17.7 Å². The van der Waals surface area contributed by atoms with Crippen molar-refractivity contribution in [2.75, 3.05) is 13.7 Å². The van der Waals surface area contributed by atoms with E-state index in [9.17, 15) is 14.4 Å². The van der Waals surface area contributed by atoms with Gasteiger partial charge in [-0.1, -0.05) is 89.6 Å². The number of ether oxygens (including phenoxy) is 1. The quantitative estimate of drug-likeness (QED) is 0.121. The molecule has 2 aromatic carbocycles. The van der Waals surface area contributed by atoms with Crippen LogP contribution in [0.1, 0.15) is 90.3 Å². The summed E-state index contributed by atoms with van der Waals surface area (Å²) in [6.07, 6.45) is 7.77. The van der Waals surface area contributed by atoms with E-state index in [1.165, 1.54) is 7.11 Å². The fourth-order valence-corrected chi connectivity index (χ4v) is 7.32. The zero-order chi connectivity index (χ0) is 36.2. The van der Waals surface area contributed by atoms with Gasteiger partial charge in [-0.2, -0.15) is 67.5 Å². The van der Waals surface area contributed by atoms with Gasteiger partial charge in [0.25, 0.3) is 0 Å². The number of hydrogen-bond donors (Lipinski definition) is 4. The average molecular weight is 864 g/mol. The van der Waals surface area contributed by atoms with Gasteiger partial charge in [-0.25, -0.2) is 14.8 Å². The smallest absolute Gasteiger partial charge is 0.407 e. The fraction of sp³-hybridized carbons (Fsp3) is 0.475. The molecule has 6 rings (SSSR count). The van der Waals surface area contributed by atoms with Gasteiger partial charge in [-0.15, -0.1) is 0 Å². The van der Waals surface area contributed by atoms with Crippen LogP contribution in [0.2, 0.25) is 0 Å². The normalized spacial score (nSPS) is 18.3. The van der Waals surface area contributed by atoms with E-state index in [1.807, 2.05) is 38.1 Å². The Morgan fingerprint density at radius 3 is 1.75 bits per heavy atom. The van der Waals surface area contributed by atoms with Gasteiger partial charge in [0.2, 0.25) is 11.8 Å². The van der Waals surface area contributed by atoms with Crippen molar-refractivity contribution in [3.8, 4) is 33.6 Å². The second kappa shape index (κ2) is 22.7. The standard InChI is InChI=1S/C40H51N7O4.5H2S/c1-23(2)25(5)39(49)47-20-8-11-34(47)37-42-22-33(44-37)29-18-14-27(15-19-29)26-12-16-28(17-13-26)32-21-41-36(43-32)30-9-7-10-31(30)45-38(48)35(24(3)4)46-40(50)51-6;;;;;/h12-19,21-25,30-31,34-35H,7-11,20H2,1-6H3,(H,41,43)(H,42,44)(H,45,48)(H,46,50);5*1H2/t25-,30-,31-,34-,35-;;;;;/m0...../s1. The van der Waals surface area contributed by atoms with E-state index in [-0.39, 0.29) is 109 Å². The van der Waals surface area contributed by atoms with Crippen molar-refractivity contribution in [3.63, 3.8) is 0 Å². The van der Waals surface area contributed by atoms with Crippen molar-refractivity contribution in [3.05, 3.63) is 72.6 Å². The lowest BCUT2D eigenvalue weighted by Gasteiger charge is -2.27. The number of amides is 3.